The lowest BCUT2D eigenvalue weighted by atomic mass is 9.93. The lowest BCUT2D eigenvalue weighted by Crippen LogP contribution is -2.41. The first-order valence-electron chi connectivity index (χ1n) is 6.96. The Hall–Kier alpha value is -0.160. The molecule has 2 heterocycles. The van der Waals surface area contributed by atoms with Crippen molar-refractivity contribution in [3.05, 3.63) is 0 Å². The average molecular weight is 242 g/mol. The molecule has 2 fully saturated rings. The van der Waals surface area contributed by atoms with E-state index in [-0.39, 0.29) is 6.10 Å². The van der Waals surface area contributed by atoms with Gasteiger partial charge in [-0.25, -0.2) is 0 Å². The first-order valence-corrected chi connectivity index (χ1v) is 6.96. The maximum Gasteiger partial charge on any atom is 0.0900 e. The Balaban J connectivity index is 1.84. The molecule has 2 rings (SSSR count). The van der Waals surface area contributed by atoms with Crippen LogP contribution in [0.3, 0.4) is 0 Å². The lowest BCUT2D eigenvalue weighted by Gasteiger charge is -2.28. The molecule has 0 amide bonds. The molecule has 2 saturated heterocycles. The fourth-order valence-electron chi connectivity index (χ4n) is 3.46. The second-order valence-electron chi connectivity index (χ2n) is 5.32. The van der Waals surface area contributed by atoms with Gasteiger partial charge < -0.3 is 15.2 Å². The zero-order chi connectivity index (χ0) is 12.3. The number of hydrogen-bond acceptors (Lipinski definition) is 4. The Morgan fingerprint density at radius 1 is 1.41 bits per heavy atom. The van der Waals surface area contributed by atoms with Gasteiger partial charge in [-0.1, -0.05) is 6.92 Å². The van der Waals surface area contributed by atoms with Crippen LogP contribution >= 0.6 is 0 Å². The summed E-state index contributed by atoms with van der Waals surface area (Å²) >= 11 is 0. The first-order chi connectivity index (χ1) is 8.26. The molecule has 0 radical (unpaired) electrons. The van der Waals surface area contributed by atoms with Crippen molar-refractivity contribution in [3.8, 4) is 0 Å². The lowest BCUT2D eigenvalue weighted by molar-refractivity contribution is 0.0163. The number of nitrogens with zero attached hydrogens (tertiary/aromatic N) is 1. The monoisotopic (exact) mass is 242 g/mol. The maximum absolute atomic E-state index is 9.93. The van der Waals surface area contributed by atoms with Crippen LogP contribution in [0.4, 0.5) is 0 Å². The smallest absolute Gasteiger partial charge is 0.0900 e. The maximum atomic E-state index is 9.93. The van der Waals surface area contributed by atoms with Gasteiger partial charge in [0.1, 0.15) is 0 Å². The van der Waals surface area contributed by atoms with E-state index >= 15 is 0 Å². The zero-order valence-electron chi connectivity index (χ0n) is 11.1. The second kappa shape index (κ2) is 6.14. The minimum absolute atomic E-state index is 0.337. The molecule has 4 unspecified atom stereocenters. The quantitative estimate of drug-likeness (QED) is 0.704. The van der Waals surface area contributed by atoms with E-state index in [1.807, 2.05) is 6.92 Å². The molecule has 0 aromatic rings. The molecule has 4 heteroatoms. The predicted octanol–water partition coefficient (Wildman–Crippen LogP) is 0.314. The molecule has 4 atom stereocenters. The number of rotatable bonds is 6. The molecule has 0 aromatic heterocycles. The molecule has 4 nitrogen and oxygen atoms in total. The number of aliphatic hydroxyl groups excluding tert-OH is 1. The van der Waals surface area contributed by atoms with Gasteiger partial charge >= 0.3 is 0 Å². The van der Waals surface area contributed by atoms with Crippen molar-refractivity contribution in [2.75, 3.05) is 39.4 Å². The van der Waals surface area contributed by atoms with Crippen LogP contribution in [-0.2, 0) is 4.74 Å². The first kappa shape index (κ1) is 13.3. The van der Waals surface area contributed by atoms with E-state index in [2.05, 4.69) is 17.1 Å². The Bertz CT molecular complexity index is 237. The zero-order valence-corrected chi connectivity index (χ0v) is 11.1. The molecule has 0 spiro atoms. The Morgan fingerprint density at radius 2 is 2.24 bits per heavy atom. The Labute approximate surface area is 104 Å². The van der Waals surface area contributed by atoms with Gasteiger partial charge in [0.25, 0.3) is 0 Å². The van der Waals surface area contributed by atoms with Crippen molar-refractivity contribution in [2.24, 2.45) is 11.8 Å². The summed E-state index contributed by atoms with van der Waals surface area (Å²) in [6.45, 7) is 9.59. The molecular weight excluding hydrogens is 216 g/mol. The summed E-state index contributed by atoms with van der Waals surface area (Å²) in [6.07, 6.45) is 0.847. The number of fused-ring (bicyclic) bond motifs is 1. The van der Waals surface area contributed by atoms with Crippen LogP contribution in [0.15, 0.2) is 0 Å². The summed E-state index contributed by atoms with van der Waals surface area (Å²) < 4.78 is 5.28. The van der Waals surface area contributed by atoms with Crippen LogP contribution in [0.2, 0.25) is 0 Å². The van der Waals surface area contributed by atoms with Gasteiger partial charge in [0, 0.05) is 25.7 Å². The van der Waals surface area contributed by atoms with Gasteiger partial charge in [-0.15, -0.1) is 0 Å². The van der Waals surface area contributed by atoms with Crippen LogP contribution in [0.25, 0.3) is 0 Å². The summed E-state index contributed by atoms with van der Waals surface area (Å²) in [4.78, 5) is 2.47. The van der Waals surface area contributed by atoms with Crippen LogP contribution in [0, 0.1) is 11.8 Å². The van der Waals surface area contributed by atoms with Crippen molar-refractivity contribution < 1.29 is 9.84 Å². The molecule has 100 valence electrons. The van der Waals surface area contributed by atoms with Crippen LogP contribution < -0.4 is 5.32 Å². The standard InChI is InChI=1S/C13H26N2O2/c1-3-13-12-6-14-5-10(12)7-15(13)8-11(16)9-17-4-2/h10-14,16H,3-9H2,1-2H3. The largest absolute Gasteiger partial charge is 0.389 e. The third-order valence-corrected chi connectivity index (χ3v) is 4.20. The average Bonchev–Trinajstić information content (AvgIpc) is 2.86. The molecule has 0 aromatic carbocycles. The highest BCUT2D eigenvalue weighted by Crippen LogP contribution is 2.34. The third kappa shape index (κ3) is 2.99. The molecule has 0 bridgehead atoms. The van der Waals surface area contributed by atoms with Crippen molar-refractivity contribution in [2.45, 2.75) is 32.4 Å². The van der Waals surface area contributed by atoms with Gasteiger partial charge in [-0.2, -0.15) is 0 Å². The van der Waals surface area contributed by atoms with Crippen molar-refractivity contribution in [3.63, 3.8) is 0 Å². The number of hydrogen-bond donors (Lipinski definition) is 2. The van der Waals surface area contributed by atoms with Gasteiger partial charge in [0.05, 0.1) is 12.7 Å². The molecule has 2 N–H and O–H groups in total. The minimum atomic E-state index is -0.337. The summed E-state index contributed by atoms with van der Waals surface area (Å²) in [5, 5.41) is 13.4. The molecule has 17 heavy (non-hydrogen) atoms. The molecule has 2 aliphatic heterocycles. The van der Waals surface area contributed by atoms with Crippen molar-refractivity contribution in [1.82, 2.24) is 10.2 Å². The van der Waals surface area contributed by atoms with E-state index in [0.29, 0.717) is 19.3 Å². The molecular formula is C13H26N2O2. The third-order valence-electron chi connectivity index (χ3n) is 4.20. The number of nitrogens with one attached hydrogen (secondary N) is 1. The van der Waals surface area contributed by atoms with Gasteiger partial charge in [0.2, 0.25) is 0 Å². The SMILES string of the molecule is CCOCC(O)CN1CC2CNCC2C1CC. The summed E-state index contributed by atoms with van der Waals surface area (Å²) in [5.74, 6) is 1.58. The van der Waals surface area contributed by atoms with E-state index in [9.17, 15) is 5.11 Å². The Morgan fingerprint density at radius 3 is 2.94 bits per heavy atom. The topological polar surface area (TPSA) is 44.7 Å². The predicted molar refractivity (Wildman–Crippen MR) is 68.0 cm³/mol. The fourth-order valence-corrected chi connectivity index (χ4v) is 3.46. The number of likely N-dealkylation sites (tertiary alicyclic amines) is 1. The van der Waals surface area contributed by atoms with E-state index in [1.165, 1.54) is 6.42 Å². The van der Waals surface area contributed by atoms with Crippen LogP contribution in [-0.4, -0.2) is 61.5 Å². The summed E-state index contributed by atoms with van der Waals surface area (Å²) in [6, 6.07) is 0.645. The summed E-state index contributed by atoms with van der Waals surface area (Å²) in [5.41, 5.74) is 0. The summed E-state index contributed by atoms with van der Waals surface area (Å²) in [7, 11) is 0. The fraction of sp³-hybridized carbons (Fsp3) is 1.00. The normalized spacial score (nSPS) is 35.1. The van der Waals surface area contributed by atoms with E-state index in [4.69, 9.17) is 4.74 Å². The molecule has 0 saturated carbocycles. The highest BCUT2D eigenvalue weighted by Gasteiger charge is 2.43. The van der Waals surface area contributed by atoms with Crippen LogP contribution in [0.1, 0.15) is 20.3 Å². The van der Waals surface area contributed by atoms with Crippen LogP contribution in [0.5, 0.6) is 0 Å². The van der Waals surface area contributed by atoms with Crippen molar-refractivity contribution >= 4 is 0 Å². The number of aliphatic hydroxyl groups is 1. The second-order valence-corrected chi connectivity index (χ2v) is 5.32. The minimum Gasteiger partial charge on any atom is -0.389 e. The van der Waals surface area contributed by atoms with Crippen molar-refractivity contribution in [1.29, 1.82) is 0 Å². The number of β-amino-alcohol motifs (C(OH)–C–C–N with tert-alkyl or cyclic N) is 1. The molecule has 0 aliphatic carbocycles. The van der Waals surface area contributed by atoms with Gasteiger partial charge in [-0.3, -0.25) is 4.90 Å². The highest BCUT2D eigenvalue weighted by molar-refractivity contribution is 4.98. The van der Waals surface area contributed by atoms with E-state index < -0.39 is 0 Å². The molecule has 2 aliphatic rings. The van der Waals surface area contributed by atoms with E-state index in [0.717, 1.165) is 38.0 Å². The van der Waals surface area contributed by atoms with Gasteiger partial charge in [0.15, 0.2) is 0 Å². The Kier molecular flexibility index (Phi) is 4.79. The van der Waals surface area contributed by atoms with Gasteiger partial charge in [-0.05, 0) is 38.3 Å². The van der Waals surface area contributed by atoms with E-state index in [1.54, 1.807) is 0 Å². The highest BCUT2D eigenvalue weighted by atomic mass is 16.5. The number of ether oxygens (including phenoxy) is 1.